The Morgan fingerprint density at radius 3 is 2.35 bits per heavy atom. The highest BCUT2D eigenvalue weighted by atomic mass is 32.2. The Morgan fingerprint density at radius 1 is 1.40 bits per heavy atom. The molecule has 0 saturated carbocycles. The van der Waals surface area contributed by atoms with Crippen LogP contribution in [0.15, 0.2) is 12.2 Å². The Hall–Kier alpha value is -0.920. The fourth-order valence-electron chi connectivity index (χ4n) is 1.86. The zero-order valence-electron chi connectivity index (χ0n) is 12.8. The van der Waals surface area contributed by atoms with Crippen molar-refractivity contribution in [1.29, 1.82) is 0 Å². The van der Waals surface area contributed by atoms with Crippen LogP contribution in [0.1, 0.15) is 26.7 Å². The van der Waals surface area contributed by atoms with Crippen molar-refractivity contribution in [3.63, 3.8) is 0 Å². The van der Waals surface area contributed by atoms with Gasteiger partial charge >= 0.3 is 5.97 Å². The summed E-state index contributed by atoms with van der Waals surface area (Å²) in [6, 6.07) is 0. The van der Waals surface area contributed by atoms with Gasteiger partial charge in [-0.1, -0.05) is 13.5 Å². The molecule has 0 radical (unpaired) electrons. The zero-order chi connectivity index (χ0) is 16.0. The molecule has 6 nitrogen and oxygen atoms in total. The predicted molar refractivity (Wildman–Crippen MR) is 77.9 cm³/mol. The molecule has 0 aliphatic rings. The summed E-state index contributed by atoms with van der Waals surface area (Å²) in [5.41, 5.74) is 0.358. The number of carbonyl (C=O) groups is 1. The van der Waals surface area contributed by atoms with Gasteiger partial charge in [0.15, 0.2) is 0 Å². The smallest absolute Gasteiger partial charge is 0.333 e. The predicted octanol–water partition coefficient (Wildman–Crippen LogP) is 1.24. The van der Waals surface area contributed by atoms with Gasteiger partial charge in [-0.05, 0) is 13.3 Å². The number of hydrogen-bond donors (Lipinski definition) is 1. The molecule has 20 heavy (non-hydrogen) atoms. The molecule has 1 unspecified atom stereocenters. The molecule has 0 rings (SSSR count). The summed E-state index contributed by atoms with van der Waals surface area (Å²) in [6.07, 6.45) is 0.985. The minimum absolute atomic E-state index is 0.274. The quantitative estimate of drug-likeness (QED) is 0.228. The molecule has 0 aromatic heterocycles. The number of rotatable bonds is 9. The van der Waals surface area contributed by atoms with Gasteiger partial charge in [-0.25, -0.2) is 4.79 Å². The second kappa shape index (κ2) is 7.75. The second-order valence-electron chi connectivity index (χ2n) is 5.66. The van der Waals surface area contributed by atoms with Crippen molar-refractivity contribution in [3.8, 4) is 0 Å². The van der Waals surface area contributed by atoms with E-state index in [1.165, 1.54) is 0 Å². The van der Waals surface area contributed by atoms with E-state index >= 15 is 0 Å². The van der Waals surface area contributed by atoms with Gasteiger partial charge in [0.25, 0.3) is 10.1 Å². The molecule has 118 valence electrons. The molecule has 1 atom stereocenters. The lowest BCUT2D eigenvalue weighted by Gasteiger charge is -2.32. The number of nitrogens with zero attached hydrogens (tertiary/aromatic N) is 1. The van der Waals surface area contributed by atoms with Crippen molar-refractivity contribution in [3.05, 3.63) is 12.2 Å². The molecule has 0 aliphatic carbocycles. The highest BCUT2D eigenvalue weighted by molar-refractivity contribution is 7.86. The van der Waals surface area contributed by atoms with Crippen LogP contribution in [0.3, 0.4) is 0 Å². The summed E-state index contributed by atoms with van der Waals surface area (Å²) in [6.45, 7) is 8.05. The van der Waals surface area contributed by atoms with E-state index in [0.717, 1.165) is 0 Å². The van der Waals surface area contributed by atoms with E-state index in [-0.39, 0.29) is 6.61 Å². The van der Waals surface area contributed by atoms with E-state index in [1.54, 1.807) is 13.8 Å². The Kier molecular flexibility index (Phi) is 7.40. The van der Waals surface area contributed by atoms with Crippen LogP contribution in [0.4, 0.5) is 0 Å². The van der Waals surface area contributed by atoms with Crippen LogP contribution in [0.5, 0.6) is 0 Å². The van der Waals surface area contributed by atoms with Gasteiger partial charge in [0.05, 0.1) is 33.8 Å². The van der Waals surface area contributed by atoms with Crippen molar-refractivity contribution in [2.24, 2.45) is 0 Å². The number of carbonyl (C=O) groups excluding carboxylic acids is 1. The van der Waals surface area contributed by atoms with Gasteiger partial charge in [0.1, 0.15) is 5.25 Å². The maximum absolute atomic E-state index is 11.2. The molecular formula is C13H26NO5S+. The van der Waals surface area contributed by atoms with Crippen LogP contribution >= 0.6 is 0 Å². The Morgan fingerprint density at radius 2 is 1.95 bits per heavy atom. The summed E-state index contributed by atoms with van der Waals surface area (Å²) in [4.78, 5) is 11.2. The van der Waals surface area contributed by atoms with Crippen molar-refractivity contribution in [2.75, 3.05) is 33.8 Å². The maximum Gasteiger partial charge on any atom is 0.333 e. The molecule has 1 N–H and O–H groups in total. The summed E-state index contributed by atoms with van der Waals surface area (Å²) in [5, 5.41) is -0.768. The summed E-state index contributed by atoms with van der Waals surface area (Å²) >= 11 is 0. The largest absolute Gasteiger partial charge is 0.462 e. The molecule has 0 amide bonds. The zero-order valence-corrected chi connectivity index (χ0v) is 13.6. The standard InChI is InChI=1S/C13H25NO5S/c1-6-12(20(16,17)18)10-14(4,5)8-7-9-19-13(15)11(2)3/h12H,2,6-10H2,1,3-5H3/p+1. The van der Waals surface area contributed by atoms with Crippen LogP contribution in [-0.2, 0) is 19.6 Å². The third-order valence-electron chi connectivity index (χ3n) is 3.06. The normalized spacial score (nSPS) is 13.8. The summed E-state index contributed by atoms with van der Waals surface area (Å²) in [5.74, 6) is -0.417. The van der Waals surface area contributed by atoms with E-state index < -0.39 is 21.3 Å². The monoisotopic (exact) mass is 308 g/mol. The molecule has 0 bridgehead atoms. The van der Waals surface area contributed by atoms with Gasteiger partial charge in [-0.2, -0.15) is 8.42 Å². The van der Waals surface area contributed by atoms with Gasteiger partial charge in [0, 0.05) is 12.0 Å². The van der Waals surface area contributed by atoms with E-state index in [9.17, 15) is 13.2 Å². The van der Waals surface area contributed by atoms with Crippen LogP contribution in [0, 0.1) is 0 Å². The molecule has 0 aliphatic heterocycles. The fourth-order valence-corrected chi connectivity index (χ4v) is 2.87. The topological polar surface area (TPSA) is 80.7 Å². The van der Waals surface area contributed by atoms with Gasteiger partial charge < -0.3 is 9.22 Å². The molecule has 0 spiro atoms. The molecule has 0 aromatic carbocycles. The summed E-state index contributed by atoms with van der Waals surface area (Å²) in [7, 11) is -0.249. The van der Waals surface area contributed by atoms with Crippen LogP contribution in [0.2, 0.25) is 0 Å². The van der Waals surface area contributed by atoms with Crippen molar-refractivity contribution < 1.29 is 27.0 Å². The van der Waals surface area contributed by atoms with E-state index in [1.807, 2.05) is 14.1 Å². The average molecular weight is 308 g/mol. The molecule has 7 heteroatoms. The van der Waals surface area contributed by atoms with E-state index in [0.29, 0.717) is 36.0 Å². The van der Waals surface area contributed by atoms with Crippen LogP contribution in [-0.4, -0.2) is 62.5 Å². The lowest BCUT2D eigenvalue weighted by molar-refractivity contribution is -0.890. The molecular weight excluding hydrogens is 282 g/mol. The Balaban J connectivity index is 4.26. The van der Waals surface area contributed by atoms with Crippen LogP contribution < -0.4 is 0 Å². The van der Waals surface area contributed by atoms with Crippen molar-refractivity contribution >= 4 is 16.1 Å². The molecule has 0 saturated heterocycles. The number of hydrogen-bond acceptors (Lipinski definition) is 4. The second-order valence-corrected chi connectivity index (χ2v) is 7.35. The lowest BCUT2D eigenvalue weighted by Crippen LogP contribution is -2.48. The van der Waals surface area contributed by atoms with Crippen molar-refractivity contribution in [1.82, 2.24) is 0 Å². The minimum atomic E-state index is -4.02. The average Bonchev–Trinajstić information content (AvgIpc) is 2.29. The van der Waals surface area contributed by atoms with Gasteiger partial charge in [-0.3, -0.25) is 4.55 Å². The first-order valence-corrected chi connectivity index (χ1v) is 8.11. The Bertz CT molecular complexity index is 442. The highest BCUT2D eigenvalue weighted by Crippen LogP contribution is 2.11. The summed E-state index contributed by atoms with van der Waals surface area (Å²) < 4.78 is 36.9. The number of ether oxygens (including phenoxy) is 1. The third-order valence-corrected chi connectivity index (χ3v) is 4.39. The Labute approximate surface area is 121 Å². The maximum atomic E-state index is 11.2. The number of quaternary nitrogens is 1. The SMILES string of the molecule is C=C(C)C(=O)OCCC[N+](C)(C)CC(CC)S(=O)(=O)O. The first kappa shape index (κ1) is 19.1. The van der Waals surface area contributed by atoms with E-state index in [4.69, 9.17) is 9.29 Å². The van der Waals surface area contributed by atoms with Gasteiger partial charge in [0.2, 0.25) is 0 Å². The van der Waals surface area contributed by atoms with Crippen molar-refractivity contribution in [2.45, 2.75) is 31.9 Å². The highest BCUT2D eigenvalue weighted by Gasteiger charge is 2.29. The lowest BCUT2D eigenvalue weighted by atomic mass is 10.2. The third kappa shape index (κ3) is 7.62. The molecule has 0 aromatic rings. The van der Waals surface area contributed by atoms with Crippen LogP contribution in [0.25, 0.3) is 0 Å². The number of esters is 1. The van der Waals surface area contributed by atoms with Gasteiger partial charge in [-0.15, -0.1) is 0 Å². The first-order chi connectivity index (χ1) is 8.99. The minimum Gasteiger partial charge on any atom is -0.462 e. The molecule has 0 fully saturated rings. The van der Waals surface area contributed by atoms with E-state index in [2.05, 4.69) is 6.58 Å². The molecule has 0 heterocycles. The first-order valence-electron chi connectivity index (χ1n) is 6.60. The fraction of sp³-hybridized carbons (Fsp3) is 0.769.